The Bertz CT molecular complexity index is 486. The zero-order chi connectivity index (χ0) is 15.5. The lowest BCUT2D eigenvalue weighted by Gasteiger charge is -2.20. The second kappa shape index (κ2) is 6.21. The van der Waals surface area contributed by atoms with Crippen molar-refractivity contribution in [3.63, 3.8) is 0 Å². The van der Waals surface area contributed by atoms with E-state index >= 15 is 0 Å². The van der Waals surface area contributed by atoms with Gasteiger partial charge in [0.2, 0.25) is 0 Å². The van der Waals surface area contributed by atoms with Gasteiger partial charge in [0.15, 0.2) is 0 Å². The first-order chi connectivity index (χ1) is 9.18. The highest BCUT2D eigenvalue weighted by Crippen LogP contribution is 2.32. The van der Waals surface area contributed by atoms with Crippen LogP contribution in [0.5, 0.6) is 0 Å². The Hall–Kier alpha value is -1.63. The van der Waals surface area contributed by atoms with Crippen molar-refractivity contribution >= 4 is 5.91 Å². The summed E-state index contributed by atoms with van der Waals surface area (Å²) in [4.78, 5) is 11.8. The average molecular weight is 293 g/mol. The normalized spacial score (nSPS) is 13.4. The molecule has 0 aromatic heterocycles. The van der Waals surface area contributed by atoms with Gasteiger partial charge in [-0.2, -0.15) is 13.2 Å². The van der Waals surface area contributed by atoms with E-state index in [0.717, 1.165) is 12.1 Å². The summed E-state index contributed by atoms with van der Waals surface area (Å²) >= 11 is 0. The molecule has 1 rings (SSSR count). The molecule has 112 valence electrons. The molecule has 0 aliphatic rings. The smallest absolute Gasteiger partial charge is 0.394 e. The zero-order valence-corrected chi connectivity index (χ0v) is 11.0. The maximum absolute atomic E-state index is 13.7. The van der Waals surface area contributed by atoms with Crippen molar-refractivity contribution in [2.75, 3.05) is 6.61 Å². The molecule has 0 aliphatic carbocycles. The summed E-state index contributed by atoms with van der Waals surface area (Å²) in [5, 5.41) is 11.4. The molecule has 0 fully saturated rings. The van der Waals surface area contributed by atoms with E-state index in [-0.39, 0.29) is 12.5 Å². The summed E-state index contributed by atoms with van der Waals surface area (Å²) in [6.45, 7) is 3.04. The largest absolute Gasteiger partial charge is 0.419 e. The molecule has 2 N–H and O–H groups in total. The van der Waals surface area contributed by atoms with Crippen molar-refractivity contribution in [2.24, 2.45) is 5.92 Å². The fraction of sp³-hybridized carbons (Fsp3) is 0.462. The SMILES string of the molecule is CC(C)[C@@H](CO)NC(=O)c1cccc(C(F)(F)F)c1F. The Kier molecular flexibility index (Phi) is 5.10. The second-order valence-corrected chi connectivity index (χ2v) is 4.67. The number of amides is 1. The molecule has 1 atom stereocenters. The van der Waals surface area contributed by atoms with E-state index in [0.29, 0.717) is 6.07 Å². The van der Waals surface area contributed by atoms with Gasteiger partial charge in [0.1, 0.15) is 5.82 Å². The van der Waals surface area contributed by atoms with Crippen LogP contribution in [0, 0.1) is 11.7 Å². The van der Waals surface area contributed by atoms with Crippen LogP contribution in [0.4, 0.5) is 17.6 Å². The Morgan fingerprint density at radius 3 is 2.40 bits per heavy atom. The monoisotopic (exact) mass is 293 g/mol. The molecule has 7 heteroatoms. The van der Waals surface area contributed by atoms with Gasteiger partial charge in [0.05, 0.1) is 23.8 Å². The minimum Gasteiger partial charge on any atom is -0.394 e. The van der Waals surface area contributed by atoms with Crippen LogP contribution in [0.3, 0.4) is 0 Å². The van der Waals surface area contributed by atoms with E-state index < -0.39 is 35.1 Å². The molecule has 0 saturated heterocycles. The Labute approximate surface area is 113 Å². The highest BCUT2D eigenvalue weighted by atomic mass is 19.4. The van der Waals surface area contributed by atoms with Crippen LogP contribution in [0.2, 0.25) is 0 Å². The van der Waals surface area contributed by atoms with Gasteiger partial charge in [-0.3, -0.25) is 4.79 Å². The predicted octanol–water partition coefficient (Wildman–Crippen LogP) is 2.59. The lowest BCUT2D eigenvalue weighted by molar-refractivity contribution is -0.140. The molecular weight excluding hydrogens is 278 g/mol. The fourth-order valence-corrected chi connectivity index (χ4v) is 1.60. The van der Waals surface area contributed by atoms with Crippen molar-refractivity contribution in [2.45, 2.75) is 26.1 Å². The Balaban J connectivity index is 3.06. The Morgan fingerprint density at radius 1 is 1.35 bits per heavy atom. The molecule has 0 saturated carbocycles. The number of aliphatic hydroxyl groups excluding tert-OH is 1. The van der Waals surface area contributed by atoms with Gasteiger partial charge in [-0.05, 0) is 18.1 Å². The maximum Gasteiger partial charge on any atom is 0.419 e. The zero-order valence-electron chi connectivity index (χ0n) is 11.0. The number of hydrogen-bond donors (Lipinski definition) is 2. The highest BCUT2D eigenvalue weighted by molar-refractivity contribution is 5.94. The van der Waals surface area contributed by atoms with Gasteiger partial charge in [-0.1, -0.05) is 19.9 Å². The predicted molar refractivity (Wildman–Crippen MR) is 64.6 cm³/mol. The number of benzene rings is 1. The summed E-state index contributed by atoms with van der Waals surface area (Å²) < 4.78 is 51.3. The summed E-state index contributed by atoms with van der Waals surface area (Å²) in [6, 6.07) is 1.84. The molecule has 1 aromatic carbocycles. The number of rotatable bonds is 4. The molecule has 1 aromatic rings. The van der Waals surface area contributed by atoms with Gasteiger partial charge >= 0.3 is 6.18 Å². The van der Waals surface area contributed by atoms with Gasteiger partial charge in [0, 0.05) is 0 Å². The third kappa shape index (κ3) is 3.69. The number of nitrogens with one attached hydrogen (secondary N) is 1. The van der Waals surface area contributed by atoms with Crippen LogP contribution in [0.15, 0.2) is 18.2 Å². The van der Waals surface area contributed by atoms with Crippen LogP contribution in [-0.2, 0) is 6.18 Å². The van der Waals surface area contributed by atoms with Crippen molar-refractivity contribution < 1.29 is 27.5 Å². The molecule has 0 aliphatic heterocycles. The molecular formula is C13H15F4NO2. The minimum atomic E-state index is -4.87. The molecule has 20 heavy (non-hydrogen) atoms. The summed E-state index contributed by atoms with van der Waals surface area (Å²) in [7, 11) is 0. The van der Waals surface area contributed by atoms with Crippen molar-refractivity contribution in [1.29, 1.82) is 0 Å². The van der Waals surface area contributed by atoms with Crippen LogP contribution < -0.4 is 5.32 Å². The van der Waals surface area contributed by atoms with Gasteiger partial charge in [-0.15, -0.1) is 0 Å². The standard InChI is InChI=1S/C13H15F4NO2/c1-7(2)10(6-19)18-12(20)8-4-3-5-9(11(8)14)13(15,16)17/h3-5,7,10,19H,6H2,1-2H3,(H,18,20)/t10-/m1/s1. The van der Waals surface area contributed by atoms with E-state index in [1.54, 1.807) is 13.8 Å². The molecule has 3 nitrogen and oxygen atoms in total. The molecule has 0 heterocycles. The van der Waals surface area contributed by atoms with Crippen molar-refractivity contribution in [3.8, 4) is 0 Å². The summed E-state index contributed by atoms with van der Waals surface area (Å²) in [5.74, 6) is -2.74. The third-order valence-corrected chi connectivity index (χ3v) is 2.87. The number of hydrogen-bond acceptors (Lipinski definition) is 2. The van der Waals surface area contributed by atoms with Gasteiger partial charge in [-0.25, -0.2) is 4.39 Å². The Morgan fingerprint density at radius 2 is 1.95 bits per heavy atom. The van der Waals surface area contributed by atoms with Crippen molar-refractivity contribution in [1.82, 2.24) is 5.32 Å². The van der Waals surface area contributed by atoms with E-state index in [2.05, 4.69) is 5.32 Å². The summed E-state index contributed by atoms with van der Waals surface area (Å²) in [5.41, 5.74) is -2.19. The molecule has 1 amide bonds. The van der Waals surface area contributed by atoms with Gasteiger partial charge < -0.3 is 10.4 Å². The number of aliphatic hydroxyl groups is 1. The molecule has 0 unspecified atom stereocenters. The topological polar surface area (TPSA) is 49.3 Å². The molecule has 0 radical (unpaired) electrons. The van der Waals surface area contributed by atoms with E-state index in [9.17, 15) is 22.4 Å². The lowest BCUT2D eigenvalue weighted by atomic mass is 10.0. The van der Waals surface area contributed by atoms with Crippen LogP contribution in [0.1, 0.15) is 29.8 Å². The lowest BCUT2D eigenvalue weighted by Crippen LogP contribution is -2.41. The third-order valence-electron chi connectivity index (χ3n) is 2.87. The summed E-state index contributed by atoms with van der Waals surface area (Å²) in [6.07, 6.45) is -4.87. The van der Waals surface area contributed by atoms with Crippen LogP contribution in [-0.4, -0.2) is 23.7 Å². The molecule has 0 bridgehead atoms. The first-order valence-corrected chi connectivity index (χ1v) is 5.96. The molecule has 0 spiro atoms. The van der Waals surface area contributed by atoms with Gasteiger partial charge in [0.25, 0.3) is 5.91 Å². The van der Waals surface area contributed by atoms with E-state index in [4.69, 9.17) is 5.11 Å². The number of halogens is 4. The van der Waals surface area contributed by atoms with Crippen LogP contribution >= 0.6 is 0 Å². The van der Waals surface area contributed by atoms with E-state index in [1.165, 1.54) is 0 Å². The second-order valence-electron chi connectivity index (χ2n) is 4.67. The maximum atomic E-state index is 13.7. The average Bonchev–Trinajstić information content (AvgIpc) is 2.34. The van der Waals surface area contributed by atoms with Crippen LogP contribution in [0.25, 0.3) is 0 Å². The first-order valence-electron chi connectivity index (χ1n) is 5.96. The highest BCUT2D eigenvalue weighted by Gasteiger charge is 2.35. The van der Waals surface area contributed by atoms with Crippen molar-refractivity contribution in [3.05, 3.63) is 35.1 Å². The number of carbonyl (C=O) groups excluding carboxylic acids is 1. The number of carbonyl (C=O) groups is 1. The fourth-order valence-electron chi connectivity index (χ4n) is 1.60. The minimum absolute atomic E-state index is 0.141. The quantitative estimate of drug-likeness (QED) is 0.838. The van der Waals surface area contributed by atoms with E-state index in [1.807, 2.05) is 0 Å². The number of alkyl halides is 3. The first kappa shape index (κ1) is 16.4.